The van der Waals surface area contributed by atoms with E-state index in [2.05, 4.69) is 4.90 Å². The van der Waals surface area contributed by atoms with E-state index in [0.29, 0.717) is 18.2 Å². The lowest BCUT2D eigenvalue weighted by atomic mass is 10.1. The van der Waals surface area contributed by atoms with Crippen LogP contribution in [0.15, 0.2) is 18.2 Å². The average Bonchev–Trinajstić information content (AvgIpc) is 3.28. The molecule has 1 aromatic rings. The maximum absolute atomic E-state index is 13.7. The summed E-state index contributed by atoms with van der Waals surface area (Å²) >= 11 is 0. The Morgan fingerprint density at radius 3 is 2.70 bits per heavy atom. The molecule has 2 rings (SSSR count). The van der Waals surface area contributed by atoms with Gasteiger partial charge in [0.1, 0.15) is 5.82 Å². The van der Waals surface area contributed by atoms with Crippen molar-refractivity contribution in [2.75, 3.05) is 27.2 Å². The normalized spacial score (nSPS) is 14.2. The number of hydrogen-bond donors (Lipinski definition) is 0. The molecule has 0 spiro atoms. The van der Waals surface area contributed by atoms with Gasteiger partial charge in [-0.15, -0.1) is 0 Å². The average molecular weight is 275 g/mol. The molecule has 20 heavy (non-hydrogen) atoms. The Balaban J connectivity index is 2.00. The van der Waals surface area contributed by atoms with E-state index in [0.717, 1.165) is 12.6 Å². The van der Waals surface area contributed by atoms with Crippen molar-refractivity contribution in [2.45, 2.75) is 18.9 Å². The minimum atomic E-state index is -0.587. The first-order valence-electron chi connectivity index (χ1n) is 6.68. The Labute approximate surface area is 118 Å². The first kappa shape index (κ1) is 14.5. The quantitative estimate of drug-likeness (QED) is 0.824. The Hall–Kier alpha value is -1.93. The maximum Gasteiger partial charge on any atom is 0.256 e. The van der Waals surface area contributed by atoms with Gasteiger partial charge >= 0.3 is 0 Å². The first-order chi connectivity index (χ1) is 9.52. The van der Waals surface area contributed by atoms with Gasteiger partial charge in [-0.05, 0) is 38.1 Å². The molecule has 4 nitrogen and oxygen atoms in total. The van der Waals surface area contributed by atoms with E-state index in [-0.39, 0.29) is 11.5 Å². The van der Waals surface area contributed by atoms with Crippen molar-refractivity contribution in [3.8, 4) is 6.07 Å². The fourth-order valence-corrected chi connectivity index (χ4v) is 2.07. The van der Waals surface area contributed by atoms with E-state index in [1.54, 1.807) is 7.05 Å². The molecule has 0 bridgehead atoms. The molecule has 0 heterocycles. The number of likely N-dealkylation sites (N-methyl/N-ethyl adjacent to an activating group) is 2. The third-order valence-electron chi connectivity index (χ3n) is 3.63. The van der Waals surface area contributed by atoms with E-state index in [4.69, 9.17) is 5.26 Å². The zero-order valence-corrected chi connectivity index (χ0v) is 11.8. The Kier molecular flexibility index (Phi) is 4.35. The van der Waals surface area contributed by atoms with E-state index in [1.807, 2.05) is 13.1 Å². The zero-order chi connectivity index (χ0) is 14.7. The first-order valence-corrected chi connectivity index (χ1v) is 6.68. The molecule has 1 aliphatic rings. The second-order valence-corrected chi connectivity index (χ2v) is 5.24. The number of nitriles is 1. The van der Waals surface area contributed by atoms with E-state index >= 15 is 0 Å². The molecule has 0 unspecified atom stereocenters. The van der Waals surface area contributed by atoms with Crippen LogP contribution in [0.4, 0.5) is 4.39 Å². The highest BCUT2D eigenvalue weighted by molar-refractivity contribution is 5.94. The molecular formula is C15H18FN3O. The maximum atomic E-state index is 13.7. The summed E-state index contributed by atoms with van der Waals surface area (Å²) in [5, 5.41) is 8.81. The second-order valence-electron chi connectivity index (χ2n) is 5.24. The summed E-state index contributed by atoms with van der Waals surface area (Å²) in [7, 11) is 3.69. The summed E-state index contributed by atoms with van der Waals surface area (Å²) in [6, 6.07) is 6.39. The topological polar surface area (TPSA) is 47.3 Å². The highest BCUT2D eigenvalue weighted by Crippen LogP contribution is 2.24. The van der Waals surface area contributed by atoms with E-state index in [1.165, 1.54) is 29.9 Å². The Bertz CT molecular complexity index is 549. The number of carbonyl (C=O) groups is 1. The summed E-state index contributed by atoms with van der Waals surface area (Å²) in [6.45, 7) is 1.31. The molecule has 0 saturated heterocycles. The lowest BCUT2D eigenvalue weighted by Crippen LogP contribution is -2.36. The summed E-state index contributed by atoms with van der Waals surface area (Å²) in [4.78, 5) is 15.9. The molecule has 5 heteroatoms. The fourth-order valence-electron chi connectivity index (χ4n) is 2.07. The van der Waals surface area contributed by atoms with Crippen molar-refractivity contribution in [1.82, 2.24) is 9.80 Å². The number of halogens is 1. The van der Waals surface area contributed by atoms with Gasteiger partial charge in [-0.2, -0.15) is 5.26 Å². The zero-order valence-electron chi connectivity index (χ0n) is 11.8. The van der Waals surface area contributed by atoms with Gasteiger partial charge in [0.05, 0.1) is 17.2 Å². The fraction of sp³-hybridized carbons (Fsp3) is 0.467. The van der Waals surface area contributed by atoms with Crippen LogP contribution in [0, 0.1) is 17.1 Å². The van der Waals surface area contributed by atoms with Gasteiger partial charge in [0.15, 0.2) is 0 Å². The second kappa shape index (κ2) is 6.02. The van der Waals surface area contributed by atoms with Crippen molar-refractivity contribution < 1.29 is 9.18 Å². The summed E-state index contributed by atoms with van der Waals surface area (Å²) in [5.41, 5.74) is 0.249. The van der Waals surface area contributed by atoms with Gasteiger partial charge in [-0.3, -0.25) is 4.79 Å². The van der Waals surface area contributed by atoms with Crippen LogP contribution in [-0.2, 0) is 0 Å². The van der Waals surface area contributed by atoms with Gasteiger partial charge in [0, 0.05) is 26.2 Å². The van der Waals surface area contributed by atoms with E-state index < -0.39 is 5.82 Å². The number of amides is 1. The molecule has 1 amide bonds. The number of rotatable bonds is 5. The molecule has 1 fully saturated rings. The summed E-state index contributed by atoms with van der Waals surface area (Å²) in [6.07, 6.45) is 2.43. The van der Waals surface area contributed by atoms with Crippen LogP contribution in [-0.4, -0.2) is 48.9 Å². The highest BCUT2D eigenvalue weighted by Gasteiger charge is 2.26. The van der Waals surface area contributed by atoms with Gasteiger partial charge in [0.25, 0.3) is 5.91 Å². The largest absolute Gasteiger partial charge is 0.340 e. The molecule has 0 N–H and O–H groups in total. The van der Waals surface area contributed by atoms with Gasteiger partial charge in [-0.25, -0.2) is 4.39 Å². The molecule has 0 radical (unpaired) electrons. The van der Waals surface area contributed by atoms with Crippen LogP contribution in [0.25, 0.3) is 0 Å². The predicted molar refractivity (Wildman–Crippen MR) is 73.7 cm³/mol. The monoisotopic (exact) mass is 275 g/mol. The summed E-state index contributed by atoms with van der Waals surface area (Å²) in [5.74, 6) is -0.972. The van der Waals surface area contributed by atoms with Crippen LogP contribution >= 0.6 is 0 Å². The number of nitrogens with zero attached hydrogens (tertiary/aromatic N) is 3. The number of hydrogen-bond acceptors (Lipinski definition) is 3. The molecule has 1 saturated carbocycles. The molecule has 0 aromatic heterocycles. The van der Waals surface area contributed by atoms with Crippen molar-refractivity contribution >= 4 is 5.91 Å². The molecule has 0 aliphatic heterocycles. The standard InChI is InChI=1S/C15H18FN3O/c1-18(12-4-5-12)7-8-19(2)15(20)13-9-11(10-17)3-6-14(13)16/h3,6,9,12H,4-5,7-8H2,1-2H3. The predicted octanol–water partition coefficient (Wildman–Crippen LogP) is 1.86. The van der Waals surface area contributed by atoms with Crippen molar-refractivity contribution in [3.05, 3.63) is 35.1 Å². The van der Waals surface area contributed by atoms with Crippen LogP contribution in [0.2, 0.25) is 0 Å². The Morgan fingerprint density at radius 1 is 1.40 bits per heavy atom. The molecular weight excluding hydrogens is 257 g/mol. The smallest absolute Gasteiger partial charge is 0.256 e. The van der Waals surface area contributed by atoms with Crippen molar-refractivity contribution in [1.29, 1.82) is 5.26 Å². The molecule has 0 atom stereocenters. The molecule has 1 aliphatic carbocycles. The van der Waals surface area contributed by atoms with Gasteiger partial charge in [0.2, 0.25) is 0 Å². The van der Waals surface area contributed by atoms with Crippen LogP contribution in [0.5, 0.6) is 0 Å². The van der Waals surface area contributed by atoms with E-state index in [9.17, 15) is 9.18 Å². The van der Waals surface area contributed by atoms with Gasteiger partial charge < -0.3 is 9.80 Å². The Morgan fingerprint density at radius 2 is 2.10 bits per heavy atom. The minimum Gasteiger partial charge on any atom is -0.340 e. The number of benzene rings is 1. The van der Waals surface area contributed by atoms with Gasteiger partial charge in [-0.1, -0.05) is 0 Å². The van der Waals surface area contributed by atoms with Crippen LogP contribution in [0.3, 0.4) is 0 Å². The van der Waals surface area contributed by atoms with Crippen molar-refractivity contribution in [3.63, 3.8) is 0 Å². The highest BCUT2D eigenvalue weighted by atomic mass is 19.1. The molecule has 106 valence electrons. The molecule has 1 aromatic carbocycles. The SMILES string of the molecule is CN(CCN(C)C1CC1)C(=O)c1cc(C#N)ccc1F. The third kappa shape index (κ3) is 3.34. The summed E-state index contributed by atoms with van der Waals surface area (Å²) < 4.78 is 13.7. The van der Waals surface area contributed by atoms with Crippen molar-refractivity contribution in [2.24, 2.45) is 0 Å². The lowest BCUT2D eigenvalue weighted by Gasteiger charge is -2.22. The number of carbonyl (C=O) groups excluding carboxylic acids is 1. The van der Waals surface area contributed by atoms with Crippen LogP contribution < -0.4 is 0 Å². The minimum absolute atomic E-state index is 0.0411. The third-order valence-corrected chi connectivity index (χ3v) is 3.63. The lowest BCUT2D eigenvalue weighted by molar-refractivity contribution is 0.0776. The van der Waals surface area contributed by atoms with Crippen LogP contribution in [0.1, 0.15) is 28.8 Å².